The van der Waals surface area contributed by atoms with Gasteiger partial charge in [-0.3, -0.25) is 4.79 Å². The molecule has 0 unspecified atom stereocenters. The van der Waals surface area contributed by atoms with Crippen LogP contribution in [0, 0.1) is 11.3 Å². The van der Waals surface area contributed by atoms with Crippen LogP contribution in [0.2, 0.25) is 0 Å². The minimum Gasteiger partial charge on any atom is -0.497 e. The van der Waals surface area contributed by atoms with E-state index in [2.05, 4.69) is 4.98 Å². The van der Waals surface area contributed by atoms with E-state index in [0.29, 0.717) is 35.3 Å². The van der Waals surface area contributed by atoms with Crippen LogP contribution in [0.4, 0.5) is 0 Å². The molecule has 0 bridgehead atoms. The molecule has 0 aliphatic carbocycles. The molecule has 1 aromatic carbocycles. The lowest BCUT2D eigenvalue weighted by molar-refractivity contribution is -0.139. The summed E-state index contributed by atoms with van der Waals surface area (Å²) >= 11 is 0. The molecule has 0 radical (unpaired) electrons. The highest BCUT2D eigenvalue weighted by Gasteiger charge is 2.38. The minimum absolute atomic E-state index is 0.00866. The van der Waals surface area contributed by atoms with Crippen LogP contribution in [0.3, 0.4) is 0 Å². The predicted octanol–water partition coefficient (Wildman–Crippen LogP) is 2.96. The smallest absolute Gasteiger partial charge is 0.338 e. The monoisotopic (exact) mass is 409 g/mol. The molecule has 0 fully saturated rings. The van der Waals surface area contributed by atoms with Crippen LogP contribution in [-0.4, -0.2) is 24.7 Å². The fourth-order valence-electron chi connectivity index (χ4n) is 3.52. The van der Waals surface area contributed by atoms with Crippen LogP contribution in [0.1, 0.15) is 38.2 Å². The van der Waals surface area contributed by atoms with Gasteiger partial charge in [0.1, 0.15) is 23.2 Å². The van der Waals surface area contributed by atoms with Crippen molar-refractivity contribution in [2.75, 3.05) is 13.7 Å². The van der Waals surface area contributed by atoms with Gasteiger partial charge in [-0.2, -0.15) is 5.26 Å². The maximum Gasteiger partial charge on any atom is 0.338 e. The van der Waals surface area contributed by atoms with Crippen molar-refractivity contribution in [3.05, 3.63) is 63.0 Å². The Kier molecular flexibility index (Phi) is 6.11. The lowest BCUT2D eigenvalue weighted by Gasteiger charge is -2.27. The normalized spacial score (nSPS) is 16.3. The number of methoxy groups -OCH3 is 1. The summed E-state index contributed by atoms with van der Waals surface area (Å²) < 4.78 is 16.1. The van der Waals surface area contributed by atoms with Crippen molar-refractivity contribution >= 4 is 16.9 Å². The first-order chi connectivity index (χ1) is 14.4. The predicted molar refractivity (Wildman–Crippen MR) is 110 cm³/mol. The maximum atomic E-state index is 13.0. The molecular formula is C22H23N3O5. The fraction of sp³-hybridized carbons (Fsp3) is 0.318. The van der Waals surface area contributed by atoms with Gasteiger partial charge in [-0.15, -0.1) is 0 Å². The van der Waals surface area contributed by atoms with E-state index in [-0.39, 0.29) is 29.2 Å². The number of nitrogens with one attached hydrogen (secondary N) is 1. The summed E-state index contributed by atoms with van der Waals surface area (Å²) in [6.45, 7) is 3.74. The molecule has 3 rings (SSSR count). The molecule has 0 amide bonds. The van der Waals surface area contributed by atoms with Gasteiger partial charge in [0.25, 0.3) is 5.56 Å². The maximum absolute atomic E-state index is 13.0. The second kappa shape index (κ2) is 8.74. The Labute approximate surface area is 173 Å². The highest BCUT2D eigenvalue weighted by molar-refractivity contribution is 5.93. The molecule has 8 nitrogen and oxygen atoms in total. The number of esters is 1. The zero-order valence-corrected chi connectivity index (χ0v) is 17.1. The summed E-state index contributed by atoms with van der Waals surface area (Å²) in [5.41, 5.74) is 6.48. The van der Waals surface area contributed by atoms with Gasteiger partial charge in [0, 0.05) is 22.9 Å². The molecule has 1 aliphatic heterocycles. The van der Waals surface area contributed by atoms with E-state index in [1.54, 1.807) is 38.3 Å². The number of nitriles is 1. The second-order valence-electron chi connectivity index (χ2n) is 6.74. The summed E-state index contributed by atoms with van der Waals surface area (Å²) in [5.74, 6) is -0.845. The third kappa shape index (κ3) is 3.74. The van der Waals surface area contributed by atoms with E-state index in [4.69, 9.17) is 19.9 Å². The number of aromatic nitrogens is 1. The number of pyridine rings is 1. The summed E-state index contributed by atoms with van der Waals surface area (Å²) in [5, 5.41) is 10.4. The highest BCUT2D eigenvalue weighted by atomic mass is 16.5. The van der Waals surface area contributed by atoms with Crippen molar-refractivity contribution in [1.29, 1.82) is 5.26 Å². The van der Waals surface area contributed by atoms with Gasteiger partial charge in [-0.25, -0.2) is 4.79 Å². The topological polar surface area (TPSA) is 127 Å². The number of nitrogens with zero attached hydrogens (tertiary/aromatic N) is 1. The first-order valence-corrected chi connectivity index (χ1v) is 9.63. The molecule has 156 valence electrons. The first kappa shape index (κ1) is 21.0. The number of aromatic amines is 1. The van der Waals surface area contributed by atoms with Crippen LogP contribution in [-0.2, 0) is 14.3 Å². The number of hydrogen-bond donors (Lipinski definition) is 2. The molecular weight excluding hydrogens is 386 g/mol. The summed E-state index contributed by atoms with van der Waals surface area (Å²) in [6.07, 6.45) is 1.08. The number of benzene rings is 1. The number of H-pyrrole nitrogens is 1. The molecule has 1 atom stereocenters. The van der Waals surface area contributed by atoms with Gasteiger partial charge >= 0.3 is 5.97 Å². The molecule has 3 N–H and O–H groups in total. The van der Waals surface area contributed by atoms with E-state index < -0.39 is 17.4 Å². The molecule has 1 aromatic heterocycles. The quantitative estimate of drug-likeness (QED) is 0.702. The zero-order valence-electron chi connectivity index (χ0n) is 17.1. The molecule has 0 spiro atoms. The first-order valence-electron chi connectivity index (χ1n) is 9.63. The van der Waals surface area contributed by atoms with E-state index in [0.717, 1.165) is 0 Å². The second-order valence-corrected chi connectivity index (χ2v) is 6.74. The standard InChI is InChI=1S/C22H23N3O5/c1-4-6-17-19(22(27)29-5-2)18(15(11-23)20(24)30-17)14-10-12-9-13(28-3)7-8-16(12)25-21(14)26/h7-10,18H,4-6,24H2,1-3H3,(H,25,26)/t18-/m0/s1. The van der Waals surface area contributed by atoms with E-state index in [1.165, 1.54) is 0 Å². The van der Waals surface area contributed by atoms with Crippen molar-refractivity contribution in [3.63, 3.8) is 0 Å². The van der Waals surface area contributed by atoms with Crippen molar-refractivity contribution in [2.24, 2.45) is 5.73 Å². The van der Waals surface area contributed by atoms with E-state index in [9.17, 15) is 14.9 Å². The Morgan fingerprint density at radius 1 is 1.33 bits per heavy atom. The zero-order chi connectivity index (χ0) is 21.8. The van der Waals surface area contributed by atoms with E-state index >= 15 is 0 Å². The molecule has 2 aromatic rings. The van der Waals surface area contributed by atoms with Crippen LogP contribution in [0.25, 0.3) is 10.9 Å². The average Bonchev–Trinajstić information content (AvgIpc) is 2.73. The average molecular weight is 409 g/mol. The fourth-order valence-corrected chi connectivity index (χ4v) is 3.52. The number of fused-ring (bicyclic) bond motifs is 1. The number of carbonyl (C=O) groups excluding carboxylic acids is 1. The van der Waals surface area contributed by atoms with Crippen molar-refractivity contribution in [3.8, 4) is 11.8 Å². The van der Waals surface area contributed by atoms with Gasteiger partial charge < -0.3 is 24.9 Å². The molecule has 8 heteroatoms. The lowest BCUT2D eigenvalue weighted by atomic mass is 9.82. The third-order valence-corrected chi connectivity index (χ3v) is 4.86. The summed E-state index contributed by atoms with van der Waals surface area (Å²) in [6, 6.07) is 8.85. The van der Waals surface area contributed by atoms with Crippen LogP contribution >= 0.6 is 0 Å². The molecule has 30 heavy (non-hydrogen) atoms. The van der Waals surface area contributed by atoms with Crippen LogP contribution in [0.15, 0.2) is 51.8 Å². The number of ether oxygens (including phenoxy) is 3. The number of rotatable bonds is 6. The Hall–Kier alpha value is -3.73. The molecule has 2 heterocycles. The van der Waals surface area contributed by atoms with E-state index in [1.807, 2.05) is 13.0 Å². The Morgan fingerprint density at radius 3 is 2.73 bits per heavy atom. The summed E-state index contributed by atoms with van der Waals surface area (Å²) in [4.78, 5) is 28.6. The van der Waals surface area contributed by atoms with Crippen molar-refractivity contribution in [1.82, 2.24) is 4.98 Å². The Bertz CT molecular complexity index is 1150. The Balaban J connectivity index is 2.30. The number of nitrogens with two attached hydrogens (primary N) is 1. The molecule has 0 saturated heterocycles. The van der Waals surface area contributed by atoms with Gasteiger partial charge in [0.15, 0.2) is 0 Å². The summed E-state index contributed by atoms with van der Waals surface area (Å²) in [7, 11) is 1.54. The van der Waals surface area contributed by atoms with Crippen molar-refractivity contribution < 1.29 is 19.0 Å². The van der Waals surface area contributed by atoms with Crippen molar-refractivity contribution in [2.45, 2.75) is 32.6 Å². The minimum atomic E-state index is -0.997. The largest absolute Gasteiger partial charge is 0.497 e. The van der Waals surface area contributed by atoms with Crippen LogP contribution in [0.5, 0.6) is 5.75 Å². The Morgan fingerprint density at radius 2 is 2.10 bits per heavy atom. The lowest BCUT2D eigenvalue weighted by Crippen LogP contribution is -2.29. The third-order valence-electron chi connectivity index (χ3n) is 4.86. The highest BCUT2D eigenvalue weighted by Crippen LogP contribution is 2.40. The SMILES string of the molecule is CCCC1=C(C(=O)OCC)[C@@H](c2cc3cc(OC)ccc3[nH]c2=O)C(C#N)=C(N)O1. The number of hydrogen-bond acceptors (Lipinski definition) is 7. The molecule has 0 saturated carbocycles. The van der Waals surface area contributed by atoms with Gasteiger partial charge in [-0.1, -0.05) is 6.92 Å². The van der Waals surface area contributed by atoms with Crippen LogP contribution < -0.4 is 16.0 Å². The number of carbonyl (C=O) groups is 1. The van der Waals surface area contributed by atoms with Gasteiger partial charge in [0.2, 0.25) is 5.88 Å². The number of allylic oxidation sites excluding steroid dienone is 2. The van der Waals surface area contributed by atoms with Gasteiger partial charge in [0.05, 0.1) is 25.2 Å². The van der Waals surface area contributed by atoms with Gasteiger partial charge in [-0.05, 0) is 37.6 Å². The molecule has 1 aliphatic rings.